The van der Waals surface area contributed by atoms with Crippen molar-refractivity contribution in [3.05, 3.63) is 29.8 Å². The monoisotopic (exact) mass is 121 g/mol. The predicted octanol–water partition coefficient (Wildman–Crippen LogP) is 2.39. The first-order valence-corrected chi connectivity index (χ1v) is 3.09. The van der Waals surface area contributed by atoms with E-state index in [-0.39, 0.29) is 5.75 Å². The van der Waals surface area contributed by atoms with Gasteiger partial charge in [0.15, 0.2) is 5.75 Å². The van der Waals surface area contributed by atoms with Crippen LogP contribution < -0.4 is 0 Å². The van der Waals surface area contributed by atoms with E-state index < -0.39 is 0 Å². The second-order valence-corrected chi connectivity index (χ2v) is 2.00. The number of benzene rings is 1. The smallest absolute Gasteiger partial charge is 0.178 e. The SMILES string of the molecule is CCc1ccc([O])cc1. The highest BCUT2D eigenvalue weighted by atomic mass is 16.3. The predicted molar refractivity (Wildman–Crippen MR) is 36.0 cm³/mol. The summed E-state index contributed by atoms with van der Waals surface area (Å²) in [6, 6.07) is 6.92. The van der Waals surface area contributed by atoms with Gasteiger partial charge >= 0.3 is 0 Å². The zero-order chi connectivity index (χ0) is 6.69. The van der Waals surface area contributed by atoms with Gasteiger partial charge in [-0.3, -0.25) is 5.11 Å². The van der Waals surface area contributed by atoms with Crippen LogP contribution in [0.1, 0.15) is 12.5 Å². The quantitative estimate of drug-likeness (QED) is 0.543. The third-order valence-electron chi connectivity index (χ3n) is 1.33. The molecule has 1 rings (SSSR count). The average Bonchev–Trinajstić information content (AvgIpc) is 1.90. The van der Waals surface area contributed by atoms with Crippen LogP contribution in [-0.2, 0) is 11.5 Å². The van der Waals surface area contributed by atoms with Crippen molar-refractivity contribution < 1.29 is 5.11 Å². The molecule has 1 aromatic rings. The molecule has 9 heavy (non-hydrogen) atoms. The second kappa shape index (κ2) is 2.53. The Labute approximate surface area is 55.0 Å². The van der Waals surface area contributed by atoms with Gasteiger partial charge in [0.05, 0.1) is 0 Å². The molecule has 1 aromatic carbocycles. The third kappa shape index (κ3) is 1.46. The standard InChI is InChI=1S/C8H9O/c1-2-7-3-5-8(9)6-4-7/h3-6H,2H2,1H3. The van der Waals surface area contributed by atoms with Gasteiger partial charge in [0.2, 0.25) is 0 Å². The van der Waals surface area contributed by atoms with Crippen LogP contribution in [0, 0.1) is 0 Å². The van der Waals surface area contributed by atoms with E-state index in [0.29, 0.717) is 0 Å². The Balaban J connectivity index is 2.88. The van der Waals surface area contributed by atoms with Crippen LogP contribution in [0.25, 0.3) is 0 Å². The zero-order valence-corrected chi connectivity index (χ0v) is 5.42. The summed E-state index contributed by atoms with van der Waals surface area (Å²) in [5.41, 5.74) is 1.22. The van der Waals surface area contributed by atoms with Crippen LogP contribution in [0.4, 0.5) is 0 Å². The normalized spacial score (nSPS) is 9.44. The van der Waals surface area contributed by atoms with Crippen LogP contribution in [0.2, 0.25) is 0 Å². The first-order chi connectivity index (χ1) is 4.33. The highest BCUT2D eigenvalue weighted by Crippen LogP contribution is 2.09. The van der Waals surface area contributed by atoms with Gasteiger partial charge in [0.1, 0.15) is 0 Å². The molecule has 0 atom stereocenters. The van der Waals surface area contributed by atoms with E-state index >= 15 is 0 Å². The van der Waals surface area contributed by atoms with E-state index in [1.165, 1.54) is 5.56 Å². The van der Waals surface area contributed by atoms with E-state index in [1.54, 1.807) is 12.1 Å². The fourth-order valence-electron chi connectivity index (χ4n) is 0.725. The van der Waals surface area contributed by atoms with Crippen molar-refractivity contribution in [2.45, 2.75) is 13.3 Å². The van der Waals surface area contributed by atoms with E-state index in [1.807, 2.05) is 12.1 Å². The molecule has 1 nitrogen and oxygen atoms in total. The molecular formula is C8H9O. The molecule has 0 saturated heterocycles. The number of hydrogen-bond donors (Lipinski definition) is 0. The molecule has 0 aliphatic rings. The lowest BCUT2D eigenvalue weighted by atomic mass is 10.2. The van der Waals surface area contributed by atoms with Crippen LogP contribution in [0.5, 0.6) is 5.75 Å². The van der Waals surface area contributed by atoms with E-state index in [4.69, 9.17) is 0 Å². The summed E-state index contributed by atoms with van der Waals surface area (Å²) in [4.78, 5) is 0. The summed E-state index contributed by atoms with van der Waals surface area (Å²) in [6.07, 6.45) is 1.00. The summed E-state index contributed by atoms with van der Waals surface area (Å²) in [7, 11) is 0. The van der Waals surface area contributed by atoms with Crippen molar-refractivity contribution in [3.63, 3.8) is 0 Å². The molecule has 0 N–H and O–H groups in total. The van der Waals surface area contributed by atoms with Crippen molar-refractivity contribution in [2.24, 2.45) is 0 Å². The maximum atomic E-state index is 10.5. The van der Waals surface area contributed by atoms with Crippen molar-refractivity contribution in [3.8, 4) is 5.75 Å². The maximum absolute atomic E-state index is 10.5. The zero-order valence-electron chi connectivity index (χ0n) is 5.42. The fraction of sp³-hybridized carbons (Fsp3) is 0.250. The van der Waals surface area contributed by atoms with Crippen LogP contribution in [0.3, 0.4) is 0 Å². The molecule has 47 valence electrons. The lowest BCUT2D eigenvalue weighted by Gasteiger charge is -1.91. The summed E-state index contributed by atoms with van der Waals surface area (Å²) in [6.45, 7) is 2.07. The fourth-order valence-corrected chi connectivity index (χ4v) is 0.725. The summed E-state index contributed by atoms with van der Waals surface area (Å²) >= 11 is 0. The van der Waals surface area contributed by atoms with Gasteiger partial charge in [0.25, 0.3) is 0 Å². The molecule has 0 saturated carbocycles. The van der Waals surface area contributed by atoms with Crippen LogP contribution in [-0.4, -0.2) is 0 Å². The first kappa shape index (κ1) is 6.14. The van der Waals surface area contributed by atoms with Crippen molar-refractivity contribution in [2.75, 3.05) is 0 Å². The Hall–Kier alpha value is -0.980. The lowest BCUT2D eigenvalue weighted by Crippen LogP contribution is -1.74. The van der Waals surface area contributed by atoms with Gasteiger partial charge < -0.3 is 0 Å². The minimum Gasteiger partial charge on any atom is -0.290 e. The van der Waals surface area contributed by atoms with Gasteiger partial charge in [-0.25, -0.2) is 0 Å². The van der Waals surface area contributed by atoms with E-state index in [2.05, 4.69) is 6.92 Å². The van der Waals surface area contributed by atoms with E-state index in [9.17, 15) is 5.11 Å². The second-order valence-electron chi connectivity index (χ2n) is 2.00. The molecule has 0 fully saturated rings. The lowest BCUT2D eigenvalue weighted by molar-refractivity contribution is 0.355. The molecule has 1 heteroatoms. The Bertz CT molecular complexity index is 176. The molecule has 0 aliphatic heterocycles. The van der Waals surface area contributed by atoms with Crippen molar-refractivity contribution in [1.29, 1.82) is 0 Å². The van der Waals surface area contributed by atoms with Crippen molar-refractivity contribution >= 4 is 0 Å². The number of aryl methyl sites for hydroxylation is 1. The largest absolute Gasteiger partial charge is 0.290 e. The van der Waals surface area contributed by atoms with Crippen molar-refractivity contribution in [1.82, 2.24) is 0 Å². The highest BCUT2D eigenvalue weighted by molar-refractivity contribution is 5.25. The molecule has 0 aromatic heterocycles. The summed E-state index contributed by atoms with van der Waals surface area (Å²) in [5.74, 6) is 0.0900. The summed E-state index contributed by atoms with van der Waals surface area (Å²) < 4.78 is 0. The van der Waals surface area contributed by atoms with Crippen LogP contribution in [0.15, 0.2) is 24.3 Å². The first-order valence-electron chi connectivity index (χ1n) is 3.09. The Morgan fingerprint density at radius 2 is 1.78 bits per heavy atom. The minimum atomic E-state index is 0.0900. The topological polar surface area (TPSA) is 19.9 Å². The van der Waals surface area contributed by atoms with Gasteiger partial charge in [-0.15, -0.1) is 0 Å². The molecule has 0 spiro atoms. The highest BCUT2D eigenvalue weighted by Gasteiger charge is 1.88. The molecule has 0 bridgehead atoms. The Morgan fingerprint density at radius 3 is 2.22 bits per heavy atom. The van der Waals surface area contributed by atoms with Gasteiger partial charge in [0, 0.05) is 0 Å². The molecule has 1 radical (unpaired) electrons. The van der Waals surface area contributed by atoms with Crippen LogP contribution >= 0.6 is 0 Å². The van der Waals surface area contributed by atoms with Gasteiger partial charge in [-0.2, -0.15) is 0 Å². The van der Waals surface area contributed by atoms with E-state index in [0.717, 1.165) is 6.42 Å². The molecule has 0 heterocycles. The average molecular weight is 121 g/mol. The molecule has 0 amide bonds. The molecular weight excluding hydrogens is 112 g/mol. The Kier molecular flexibility index (Phi) is 1.73. The number of hydrogen-bond acceptors (Lipinski definition) is 0. The maximum Gasteiger partial charge on any atom is 0.178 e. The molecule has 0 unspecified atom stereocenters. The summed E-state index contributed by atoms with van der Waals surface area (Å²) in [5, 5.41) is 10.5. The number of rotatable bonds is 1. The van der Waals surface area contributed by atoms with Gasteiger partial charge in [-0.05, 0) is 24.1 Å². The van der Waals surface area contributed by atoms with Gasteiger partial charge in [-0.1, -0.05) is 19.1 Å². The molecule has 0 aliphatic carbocycles. The Morgan fingerprint density at radius 1 is 1.22 bits per heavy atom. The third-order valence-corrected chi connectivity index (χ3v) is 1.33. The minimum absolute atomic E-state index is 0.0900.